The SMILES string of the molecule is C=CC(/C=C\C)=C(/C=C)c1ccc(N(c2ccc3c(c2)c2ccccc2n3-c2ccccc2)c2cc3c(c4ccccc24)-c2ccc(N(c4ccccc4)c4ccc(CC)cc4)cc2C3(C)c2ccccc2)cc1C. The first-order valence-corrected chi connectivity index (χ1v) is 26.2. The zero-order chi connectivity index (χ0) is 51.2. The Balaban J connectivity index is 1.13. The number of hydrogen-bond donors (Lipinski definition) is 0. The summed E-state index contributed by atoms with van der Waals surface area (Å²) in [6.07, 6.45) is 9.03. The Labute approximate surface area is 441 Å². The molecular formula is C72H59N3. The van der Waals surface area contributed by atoms with Crippen LogP contribution in [-0.4, -0.2) is 4.57 Å². The summed E-state index contributed by atoms with van der Waals surface area (Å²) < 4.78 is 2.39. The quantitative estimate of drug-likeness (QED) is 0.107. The number of aromatic nitrogens is 1. The lowest BCUT2D eigenvalue weighted by molar-refractivity contribution is 0.714. The lowest BCUT2D eigenvalue weighted by atomic mass is 9.73. The maximum absolute atomic E-state index is 4.28. The van der Waals surface area contributed by atoms with Gasteiger partial charge in [0.1, 0.15) is 0 Å². The largest absolute Gasteiger partial charge is 0.310 e. The first-order valence-electron chi connectivity index (χ1n) is 26.2. The van der Waals surface area contributed by atoms with Crippen LogP contribution >= 0.6 is 0 Å². The highest BCUT2D eigenvalue weighted by atomic mass is 15.2. The molecule has 12 rings (SSSR count). The van der Waals surface area contributed by atoms with Gasteiger partial charge in [0, 0.05) is 55.7 Å². The number of para-hydroxylation sites is 3. The van der Waals surface area contributed by atoms with Gasteiger partial charge < -0.3 is 14.4 Å². The molecule has 0 radical (unpaired) electrons. The van der Waals surface area contributed by atoms with Crippen molar-refractivity contribution in [2.45, 2.75) is 39.5 Å². The molecule has 75 heavy (non-hydrogen) atoms. The molecule has 1 aromatic heterocycles. The van der Waals surface area contributed by atoms with Crippen LogP contribution in [0.4, 0.5) is 34.1 Å². The van der Waals surface area contributed by atoms with Crippen molar-refractivity contribution in [3.63, 3.8) is 0 Å². The highest BCUT2D eigenvalue weighted by Gasteiger charge is 2.43. The lowest BCUT2D eigenvalue weighted by Gasteiger charge is -2.33. The van der Waals surface area contributed by atoms with Gasteiger partial charge in [-0.2, -0.15) is 0 Å². The van der Waals surface area contributed by atoms with Gasteiger partial charge in [0.05, 0.1) is 16.7 Å². The van der Waals surface area contributed by atoms with E-state index in [4.69, 9.17) is 0 Å². The Morgan fingerprint density at radius 2 is 1.11 bits per heavy atom. The van der Waals surface area contributed by atoms with Gasteiger partial charge in [-0.1, -0.05) is 178 Å². The van der Waals surface area contributed by atoms with Crippen molar-refractivity contribution in [2.75, 3.05) is 9.80 Å². The van der Waals surface area contributed by atoms with Gasteiger partial charge in [-0.25, -0.2) is 0 Å². The Morgan fingerprint density at radius 1 is 0.520 bits per heavy atom. The van der Waals surface area contributed by atoms with Crippen LogP contribution in [0, 0.1) is 6.92 Å². The summed E-state index contributed by atoms with van der Waals surface area (Å²) in [7, 11) is 0. The average Bonchev–Trinajstić information content (AvgIpc) is 3.95. The fourth-order valence-electron chi connectivity index (χ4n) is 12.0. The van der Waals surface area contributed by atoms with Gasteiger partial charge in [0.15, 0.2) is 0 Å². The maximum atomic E-state index is 4.28. The second kappa shape index (κ2) is 19.3. The van der Waals surface area contributed by atoms with Crippen LogP contribution in [-0.2, 0) is 11.8 Å². The van der Waals surface area contributed by atoms with E-state index in [1.807, 2.05) is 19.1 Å². The second-order valence-electron chi connectivity index (χ2n) is 19.8. The lowest BCUT2D eigenvalue weighted by Crippen LogP contribution is -2.23. The van der Waals surface area contributed by atoms with Crippen LogP contribution in [0.15, 0.2) is 267 Å². The molecule has 0 fully saturated rings. The van der Waals surface area contributed by atoms with E-state index >= 15 is 0 Å². The number of fused-ring (bicyclic) bond motifs is 8. The third-order valence-electron chi connectivity index (χ3n) is 15.6. The number of benzene rings is 10. The Morgan fingerprint density at radius 3 is 1.80 bits per heavy atom. The van der Waals surface area contributed by atoms with Gasteiger partial charge in [0.25, 0.3) is 0 Å². The minimum atomic E-state index is -0.537. The zero-order valence-electron chi connectivity index (χ0n) is 43.1. The summed E-state index contributed by atoms with van der Waals surface area (Å²) in [5, 5.41) is 4.79. The number of aryl methyl sites for hydroxylation is 2. The molecule has 10 aromatic carbocycles. The van der Waals surface area contributed by atoms with Crippen molar-refractivity contribution in [1.29, 1.82) is 0 Å². The van der Waals surface area contributed by atoms with E-state index < -0.39 is 5.41 Å². The first-order chi connectivity index (χ1) is 36.8. The molecule has 1 unspecified atom stereocenters. The normalized spacial score (nSPS) is 14.2. The summed E-state index contributed by atoms with van der Waals surface area (Å²) >= 11 is 0. The summed E-state index contributed by atoms with van der Waals surface area (Å²) in [4.78, 5) is 4.90. The van der Waals surface area contributed by atoms with Crippen LogP contribution < -0.4 is 9.80 Å². The smallest absolute Gasteiger partial charge is 0.0543 e. The van der Waals surface area contributed by atoms with E-state index in [0.29, 0.717) is 0 Å². The van der Waals surface area contributed by atoms with Crippen LogP contribution in [0.2, 0.25) is 0 Å². The van der Waals surface area contributed by atoms with E-state index in [0.717, 1.165) is 74.0 Å². The van der Waals surface area contributed by atoms with E-state index in [1.165, 1.54) is 60.4 Å². The molecule has 3 nitrogen and oxygen atoms in total. The molecule has 0 amide bonds. The standard InChI is InChI=1S/C72H59N3/c1-7-24-51(9-3)59(10-4)60-42-39-56(45-49(60)5)74(57-41-44-69-65(46-57)62-32-22-23-34-68(62)75(69)54-29-18-13-19-30-54)70-48-67-71(63-33-21-20-31-61(63)70)64-43-40-58(47-66(64)72(67,6)52-25-14-11-15-26-52)73(53-27-16-12-17-28-53)55-37-35-50(8-2)36-38-55/h7,9-48H,3-4,8H2,1-2,5-6H3/b24-7-,59-51+. The van der Waals surface area contributed by atoms with E-state index in [2.05, 4.69) is 285 Å². The van der Waals surface area contributed by atoms with Crippen LogP contribution in [0.25, 0.3) is 55.0 Å². The van der Waals surface area contributed by atoms with Gasteiger partial charge in [-0.15, -0.1) is 0 Å². The minimum absolute atomic E-state index is 0.537. The van der Waals surface area contributed by atoms with Gasteiger partial charge in [0.2, 0.25) is 0 Å². The highest BCUT2D eigenvalue weighted by Crippen LogP contribution is 2.58. The molecule has 0 spiro atoms. The molecule has 0 saturated heterocycles. The molecule has 0 aliphatic heterocycles. The monoisotopic (exact) mass is 965 g/mol. The van der Waals surface area contributed by atoms with E-state index in [1.54, 1.807) is 0 Å². The topological polar surface area (TPSA) is 11.4 Å². The molecule has 1 aliphatic carbocycles. The van der Waals surface area contributed by atoms with Crippen LogP contribution in [0.5, 0.6) is 0 Å². The summed E-state index contributed by atoms with van der Waals surface area (Å²) in [5.74, 6) is 0. The van der Waals surface area contributed by atoms with Crippen molar-refractivity contribution < 1.29 is 0 Å². The first kappa shape index (κ1) is 46.9. The van der Waals surface area contributed by atoms with Crippen molar-refractivity contribution in [3.8, 4) is 16.8 Å². The Hall–Kier alpha value is -9.18. The third-order valence-corrected chi connectivity index (χ3v) is 15.6. The maximum Gasteiger partial charge on any atom is 0.0543 e. The van der Waals surface area contributed by atoms with Crippen molar-refractivity contribution in [3.05, 3.63) is 301 Å². The van der Waals surface area contributed by atoms with Gasteiger partial charge in [-0.05, 0) is 179 Å². The summed E-state index contributed by atoms with van der Waals surface area (Å²) in [6, 6.07) is 83.1. The number of rotatable bonds is 13. The Kier molecular flexibility index (Phi) is 12.1. The van der Waals surface area contributed by atoms with Crippen molar-refractivity contribution in [1.82, 2.24) is 4.57 Å². The molecular weight excluding hydrogens is 907 g/mol. The zero-order valence-corrected chi connectivity index (χ0v) is 43.1. The highest BCUT2D eigenvalue weighted by molar-refractivity contribution is 6.13. The summed E-state index contributed by atoms with van der Waals surface area (Å²) in [5.41, 5.74) is 21.5. The molecule has 362 valence electrons. The fraction of sp³-hybridized carbons (Fsp3) is 0.0833. The number of nitrogens with zero attached hydrogens (tertiary/aromatic N) is 3. The predicted octanol–water partition coefficient (Wildman–Crippen LogP) is 19.8. The number of allylic oxidation sites excluding steroid dienone is 6. The van der Waals surface area contributed by atoms with Gasteiger partial charge in [-0.3, -0.25) is 0 Å². The van der Waals surface area contributed by atoms with Crippen molar-refractivity contribution in [2.24, 2.45) is 0 Å². The van der Waals surface area contributed by atoms with Crippen molar-refractivity contribution >= 4 is 72.3 Å². The molecule has 0 N–H and O–H groups in total. The molecule has 1 aliphatic rings. The molecule has 1 atom stereocenters. The van der Waals surface area contributed by atoms with Crippen LogP contribution in [0.3, 0.4) is 0 Å². The van der Waals surface area contributed by atoms with Crippen LogP contribution in [0.1, 0.15) is 54.2 Å². The summed E-state index contributed by atoms with van der Waals surface area (Å²) in [6.45, 7) is 17.4. The predicted molar refractivity (Wildman–Crippen MR) is 321 cm³/mol. The molecule has 11 aromatic rings. The second-order valence-corrected chi connectivity index (χ2v) is 19.8. The number of hydrogen-bond acceptors (Lipinski definition) is 2. The molecule has 3 heteroatoms. The van der Waals surface area contributed by atoms with E-state index in [-0.39, 0.29) is 0 Å². The number of anilines is 6. The third kappa shape index (κ3) is 7.82. The minimum Gasteiger partial charge on any atom is -0.310 e. The Bertz CT molecular complexity index is 4050. The molecule has 1 heterocycles. The molecule has 0 saturated carbocycles. The average molecular weight is 966 g/mol. The van der Waals surface area contributed by atoms with Gasteiger partial charge >= 0.3 is 0 Å². The fourth-order valence-corrected chi connectivity index (χ4v) is 12.0. The molecule has 0 bridgehead atoms. The van der Waals surface area contributed by atoms with E-state index in [9.17, 15) is 0 Å².